The van der Waals surface area contributed by atoms with E-state index in [4.69, 9.17) is 14.2 Å². The smallest absolute Gasteiger partial charge is 0.255 e. The van der Waals surface area contributed by atoms with E-state index in [2.05, 4.69) is 20.7 Å². The van der Waals surface area contributed by atoms with Crippen LogP contribution in [0.15, 0.2) is 18.5 Å². The predicted octanol–water partition coefficient (Wildman–Crippen LogP) is 2.18. The van der Waals surface area contributed by atoms with E-state index in [9.17, 15) is 4.79 Å². The van der Waals surface area contributed by atoms with Gasteiger partial charge in [-0.25, -0.2) is 0 Å². The SMILES string of the molecule is COc1cc(OC)c(C(=O)NC23CC4CC(C2)CC(n2ncnn2)(C4)C3)cc1OC. The highest BCUT2D eigenvalue weighted by molar-refractivity contribution is 5.98. The first-order chi connectivity index (χ1) is 14.5. The minimum Gasteiger partial charge on any atom is -0.496 e. The number of benzene rings is 1. The van der Waals surface area contributed by atoms with Crippen molar-refractivity contribution >= 4 is 5.91 Å². The molecule has 2 atom stereocenters. The average molecular weight is 413 g/mol. The second kappa shape index (κ2) is 6.85. The van der Waals surface area contributed by atoms with E-state index < -0.39 is 0 Å². The van der Waals surface area contributed by atoms with Crippen molar-refractivity contribution in [1.29, 1.82) is 0 Å². The molecule has 2 aromatic rings. The summed E-state index contributed by atoms with van der Waals surface area (Å²) in [4.78, 5) is 15.2. The van der Waals surface area contributed by atoms with E-state index >= 15 is 0 Å². The van der Waals surface area contributed by atoms with Crippen LogP contribution in [0, 0.1) is 11.8 Å². The molecule has 1 heterocycles. The van der Waals surface area contributed by atoms with Gasteiger partial charge in [-0.05, 0) is 55.6 Å². The maximum atomic E-state index is 13.4. The fraction of sp³-hybridized carbons (Fsp3) is 0.619. The quantitative estimate of drug-likeness (QED) is 0.775. The normalized spacial score (nSPS) is 31.4. The molecule has 2 unspecified atom stereocenters. The molecule has 9 nitrogen and oxygen atoms in total. The number of tetrazole rings is 1. The lowest BCUT2D eigenvalue weighted by molar-refractivity contribution is -0.0810. The highest BCUT2D eigenvalue weighted by Crippen LogP contribution is 2.60. The largest absolute Gasteiger partial charge is 0.496 e. The molecule has 9 heteroatoms. The van der Waals surface area contributed by atoms with Crippen LogP contribution in [0.4, 0.5) is 0 Å². The summed E-state index contributed by atoms with van der Waals surface area (Å²) >= 11 is 0. The van der Waals surface area contributed by atoms with Gasteiger partial charge in [0, 0.05) is 17.7 Å². The first kappa shape index (κ1) is 19.1. The van der Waals surface area contributed by atoms with Gasteiger partial charge in [0.05, 0.1) is 32.4 Å². The van der Waals surface area contributed by atoms with Gasteiger partial charge in [-0.3, -0.25) is 4.79 Å². The van der Waals surface area contributed by atoms with Crippen molar-refractivity contribution in [3.63, 3.8) is 0 Å². The summed E-state index contributed by atoms with van der Waals surface area (Å²) in [5.41, 5.74) is 0.0153. The Morgan fingerprint density at radius 2 is 1.70 bits per heavy atom. The lowest BCUT2D eigenvalue weighted by Crippen LogP contribution is -2.66. The van der Waals surface area contributed by atoms with Gasteiger partial charge in [0.25, 0.3) is 5.91 Å². The van der Waals surface area contributed by atoms with Crippen molar-refractivity contribution in [1.82, 2.24) is 25.5 Å². The maximum absolute atomic E-state index is 13.4. The zero-order chi connectivity index (χ0) is 20.9. The van der Waals surface area contributed by atoms with E-state index in [1.165, 1.54) is 12.7 Å². The summed E-state index contributed by atoms with van der Waals surface area (Å²) in [5.74, 6) is 2.45. The average Bonchev–Trinajstić information content (AvgIpc) is 3.27. The van der Waals surface area contributed by atoms with Crippen molar-refractivity contribution in [3.8, 4) is 17.2 Å². The van der Waals surface area contributed by atoms with Gasteiger partial charge < -0.3 is 19.5 Å². The molecule has 6 rings (SSSR count). The van der Waals surface area contributed by atoms with Crippen molar-refractivity contribution < 1.29 is 19.0 Å². The van der Waals surface area contributed by atoms with Crippen LogP contribution in [0.5, 0.6) is 17.2 Å². The predicted molar refractivity (Wildman–Crippen MR) is 107 cm³/mol. The standard InChI is InChI=1S/C21H27N5O4/c1-28-16-6-18(30-3)17(29-2)5-15(16)19(27)24-20-7-13-4-14(8-20)10-21(9-13,11-20)26-23-12-22-25-26/h5-6,12-14H,4,7-11H2,1-3H3,(H,24,27). The summed E-state index contributed by atoms with van der Waals surface area (Å²) < 4.78 is 16.2. The monoisotopic (exact) mass is 413 g/mol. The van der Waals surface area contributed by atoms with E-state index in [1.807, 2.05) is 0 Å². The van der Waals surface area contributed by atoms with Crippen LogP contribution in [0.25, 0.3) is 0 Å². The van der Waals surface area contributed by atoms with Crippen LogP contribution in [0.2, 0.25) is 0 Å². The molecule has 4 saturated carbocycles. The van der Waals surface area contributed by atoms with Gasteiger partial charge in [0.1, 0.15) is 5.75 Å². The molecule has 160 valence electrons. The number of rotatable bonds is 6. The van der Waals surface area contributed by atoms with Crippen LogP contribution in [-0.2, 0) is 5.54 Å². The number of carbonyl (C=O) groups is 1. The Bertz CT molecular complexity index is 947. The molecule has 1 amide bonds. The van der Waals surface area contributed by atoms with Crippen molar-refractivity contribution in [2.24, 2.45) is 11.8 Å². The Kier molecular flexibility index (Phi) is 4.37. The summed E-state index contributed by atoms with van der Waals surface area (Å²) in [6, 6.07) is 3.37. The van der Waals surface area contributed by atoms with Gasteiger partial charge in [0.2, 0.25) is 0 Å². The van der Waals surface area contributed by atoms with Gasteiger partial charge in [-0.1, -0.05) is 0 Å². The highest BCUT2D eigenvalue weighted by Gasteiger charge is 2.60. The molecule has 0 saturated heterocycles. The summed E-state index contributed by atoms with van der Waals surface area (Å²) in [7, 11) is 4.66. The van der Waals surface area contributed by atoms with Crippen LogP contribution >= 0.6 is 0 Å². The summed E-state index contributed by atoms with van der Waals surface area (Å²) in [6.07, 6.45) is 7.62. The number of nitrogens with one attached hydrogen (secondary N) is 1. The lowest BCUT2D eigenvalue weighted by atomic mass is 9.50. The number of hydrogen-bond donors (Lipinski definition) is 1. The number of methoxy groups -OCH3 is 3. The highest BCUT2D eigenvalue weighted by atomic mass is 16.5. The minimum absolute atomic E-state index is 0.156. The zero-order valence-corrected chi connectivity index (χ0v) is 17.6. The molecule has 0 aliphatic heterocycles. The second-order valence-corrected chi connectivity index (χ2v) is 9.05. The van der Waals surface area contributed by atoms with Gasteiger partial charge in [0.15, 0.2) is 17.8 Å². The second-order valence-electron chi connectivity index (χ2n) is 9.05. The number of amides is 1. The van der Waals surface area contributed by atoms with Crippen LogP contribution in [0.1, 0.15) is 48.9 Å². The maximum Gasteiger partial charge on any atom is 0.255 e. The molecule has 1 aromatic heterocycles. The Morgan fingerprint density at radius 3 is 2.30 bits per heavy atom. The Labute approximate surface area is 175 Å². The van der Waals surface area contributed by atoms with Crippen molar-refractivity contribution in [3.05, 3.63) is 24.0 Å². The first-order valence-electron chi connectivity index (χ1n) is 10.4. The van der Waals surface area contributed by atoms with Crippen LogP contribution in [-0.4, -0.2) is 53.0 Å². The molecule has 0 radical (unpaired) electrons. The number of nitrogens with zero attached hydrogens (tertiary/aromatic N) is 4. The summed E-state index contributed by atoms with van der Waals surface area (Å²) in [6.45, 7) is 0. The fourth-order valence-corrected chi connectivity index (χ4v) is 6.49. The Hall–Kier alpha value is -2.84. The third-order valence-corrected chi connectivity index (χ3v) is 7.13. The van der Waals surface area contributed by atoms with Gasteiger partial charge in [-0.2, -0.15) is 4.80 Å². The molecule has 1 aromatic carbocycles. The van der Waals surface area contributed by atoms with Crippen LogP contribution in [0.3, 0.4) is 0 Å². The number of carbonyl (C=O) groups excluding carboxylic acids is 1. The van der Waals surface area contributed by atoms with E-state index in [1.54, 1.807) is 38.3 Å². The molecule has 1 N–H and O–H groups in total. The van der Waals surface area contributed by atoms with Gasteiger partial charge in [-0.15, -0.1) is 10.2 Å². The first-order valence-corrected chi connectivity index (χ1v) is 10.4. The van der Waals surface area contributed by atoms with Crippen molar-refractivity contribution in [2.75, 3.05) is 21.3 Å². The minimum atomic E-state index is -0.271. The van der Waals surface area contributed by atoms with E-state index in [0.29, 0.717) is 34.6 Å². The van der Waals surface area contributed by atoms with Crippen LogP contribution < -0.4 is 19.5 Å². The molecule has 30 heavy (non-hydrogen) atoms. The molecular weight excluding hydrogens is 386 g/mol. The number of ether oxygens (including phenoxy) is 3. The molecule has 4 bridgehead atoms. The molecule has 4 aliphatic rings. The number of aromatic nitrogens is 4. The topological polar surface area (TPSA) is 100 Å². The molecule has 0 spiro atoms. The number of hydrogen-bond acceptors (Lipinski definition) is 7. The fourth-order valence-electron chi connectivity index (χ4n) is 6.49. The molecule has 4 fully saturated rings. The van der Waals surface area contributed by atoms with E-state index in [0.717, 1.165) is 32.1 Å². The zero-order valence-electron chi connectivity index (χ0n) is 17.6. The Balaban J connectivity index is 1.47. The van der Waals surface area contributed by atoms with Crippen molar-refractivity contribution in [2.45, 2.75) is 49.6 Å². The third kappa shape index (κ3) is 2.90. The molecular formula is C21H27N5O4. The summed E-state index contributed by atoms with van der Waals surface area (Å²) in [5, 5.41) is 15.9. The Morgan fingerprint density at radius 1 is 1.03 bits per heavy atom. The third-order valence-electron chi connectivity index (χ3n) is 7.13. The lowest BCUT2D eigenvalue weighted by Gasteiger charge is -2.61. The van der Waals surface area contributed by atoms with E-state index in [-0.39, 0.29) is 17.0 Å². The molecule has 4 aliphatic carbocycles. The van der Waals surface area contributed by atoms with Gasteiger partial charge >= 0.3 is 0 Å².